The zero-order chi connectivity index (χ0) is 18.3. The summed E-state index contributed by atoms with van der Waals surface area (Å²) in [5.74, 6) is -0.254. The highest BCUT2D eigenvalue weighted by Crippen LogP contribution is 2.37. The van der Waals surface area contributed by atoms with Crippen LogP contribution in [0.15, 0.2) is 24.3 Å². The van der Waals surface area contributed by atoms with Crippen LogP contribution in [0.5, 0.6) is 0 Å². The number of halogens is 1. The Morgan fingerprint density at radius 2 is 1.92 bits per heavy atom. The van der Waals surface area contributed by atoms with Crippen molar-refractivity contribution in [3.63, 3.8) is 0 Å². The maximum absolute atomic E-state index is 12.8. The van der Waals surface area contributed by atoms with E-state index in [0.29, 0.717) is 34.7 Å². The van der Waals surface area contributed by atoms with Gasteiger partial charge in [0.05, 0.1) is 0 Å². The van der Waals surface area contributed by atoms with Crippen molar-refractivity contribution in [1.82, 2.24) is 4.98 Å². The first-order valence-electron chi connectivity index (χ1n) is 9.24. The van der Waals surface area contributed by atoms with Crippen LogP contribution in [0, 0.1) is 6.92 Å². The lowest BCUT2D eigenvalue weighted by Crippen LogP contribution is -2.18. The molecule has 4 rings (SSSR count). The SMILES string of the molecule is Cc1c(C(=O)OC2CCCC2)[nH]c2c1C(=O)C[C@@H](c1ccccc1Cl)C2. The summed E-state index contributed by atoms with van der Waals surface area (Å²) >= 11 is 6.32. The van der Waals surface area contributed by atoms with Crippen LogP contribution >= 0.6 is 11.6 Å². The number of ketones is 1. The van der Waals surface area contributed by atoms with Gasteiger partial charge in [0.25, 0.3) is 0 Å². The molecule has 0 spiro atoms. The van der Waals surface area contributed by atoms with Crippen molar-refractivity contribution in [2.45, 2.75) is 57.5 Å². The van der Waals surface area contributed by atoms with Gasteiger partial charge in [0, 0.05) is 22.7 Å². The predicted molar refractivity (Wildman–Crippen MR) is 100 cm³/mol. The number of nitrogens with one attached hydrogen (secondary N) is 1. The molecule has 1 saturated carbocycles. The van der Waals surface area contributed by atoms with Crippen LogP contribution in [0.2, 0.25) is 5.02 Å². The number of aromatic amines is 1. The first-order valence-corrected chi connectivity index (χ1v) is 9.62. The summed E-state index contributed by atoms with van der Waals surface area (Å²) in [5.41, 5.74) is 3.60. The maximum atomic E-state index is 12.8. The zero-order valence-electron chi connectivity index (χ0n) is 14.8. The van der Waals surface area contributed by atoms with Gasteiger partial charge in [-0.1, -0.05) is 29.8 Å². The maximum Gasteiger partial charge on any atom is 0.355 e. The van der Waals surface area contributed by atoms with Crippen molar-refractivity contribution < 1.29 is 14.3 Å². The van der Waals surface area contributed by atoms with E-state index >= 15 is 0 Å². The third kappa shape index (κ3) is 3.07. The lowest BCUT2D eigenvalue weighted by atomic mass is 9.81. The van der Waals surface area contributed by atoms with Gasteiger partial charge in [0.2, 0.25) is 0 Å². The summed E-state index contributed by atoms with van der Waals surface area (Å²) in [7, 11) is 0. The number of fused-ring (bicyclic) bond motifs is 1. The molecule has 2 aromatic rings. The quantitative estimate of drug-likeness (QED) is 0.773. The fraction of sp³-hybridized carbons (Fsp3) is 0.429. The van der Waals surface area contributed by atoms with Gasteiger partial charge in [-0.05, 0) is 62.1 Å². The Hall–Kier alpha value is -2.07. The molecule has 2 aliphatic carbocycles. The third-order valence-corrected chi connectivity index (χ3v) is 5.96. The van der Waals surface area contributed by atoms with Gasteiger partial charge in [-0.25, -0.2) is 4.79 Å². The smallest absolute Gasteiger partial charge is 0.355 e. The van der Waals surface area contributed by atoms with Crippen LogP contribution in [-0.4, -0.2) is 22.8 Å². The molecule has 0 aliphatic heterocycles. The largest absolute Gasteiger partial charge is 0.458 e. The molecular weight excluding hydrogens is 350 g/mol. The van der Waals surface area contributed by atoms with Crippen molar-refractivity contribution in [1.29, 1.82) is 0 Å². The Balaban J connectivity index is 1.61. The Morgan fingerprint density at radius 3 is 2.65 bits per heavy atom. The Kier molecular flexibility index (Phi) is 4.62. The molecule has 2 aliphatic rings. The minimum atomic E-state index is -0.342. The van der Waals surface area contributed by atoms with Gasteiger partial charge in [-0.3, -0.25) is 4.79 Å². The van der Waals surface area contributed by atoms with Crippen molar-refractivity contribution in [3.8, 4) is 0 Å². The highest BCUT2D eigenvalue weighted by molar-refractivity contribution is 6.31. The van der Waals surface area contributed by atoms with Crippen LogP contribution in [0.1, 0.15) is 75.7 Å². The molecule has 1 heterocycles. The Bertz CT molecular complexity index is 864. The molecule has 1 aromatic heterocycles. The summed E-state index contributed by atoms with van der Waals surface area (Å²) in [6.07, 6.45) is 5.16. The lowest BCUT2D eigenvalue weighted by molar-refractivity contribution is 0.0310. The van der Waals surface area contributed by atoms with Crippen molar-refractivity contribution in [2.75, 3.05) is 0 Å². The Morgan fingerprint density at radius 1 is 1.19 bits per heavy atom. The number of Topliss-reactive ketones (excluding diaryl/α,β-unsaturated/α-hetero) is 1. The molecule has 4 nitrogen and oxygen atoms in total. The minimum absolute atomic E-state index is 0.00815. The van der Waals surface area contributed by atoms with Gasteiger partial charge in [-0.2, -0.15) is 0 Å². The van der Waals surface area contributed by atoms with Gasteiger partial charge in [-0.15, -0.1) is 0 Å². The fourth-order valence-corrected chi connectivity index (χ4v) is 4.57. The molecule has 0 unspecified atom stereocenters. The van der Waals surface area contributed by atoms with Gasteiger partial charge >= 0.3 is 5.97 Å². The highest BCUT2D eigenvalue weighted by atomic mass is 35.5. The molecular formula is C21H22ClNO3. The third-order valence-electron chi connectivity index (χ3n) is 5.61. The summed E-state index contributed by atoms with van der Waals surface area (Å²) in [6, 6.07) is 7.64. The molecule has 26 heavy (non-hydrogen) atoms. The number of carbonyl (C=O) groups excluding carboxylic acids is 2. The second kappa shape index (κ2) is 6.92. The van der Waals surface area contributed by atoms with E-state index in [4.69, 9.17) is 16.3 Å². The second-order valence-electron chi connectivity index (χ2n) is 7.34. The number of aromatic nitrogens is 1. The first-order chi connectivity index (χ1) is 12.5. The molecule has 0 amide bonds. The average molecular weight is 372 g/mol. The number of rotatable bonds is 3. The molecule has 5 heteroatoms. The number of hydrogen-bond donors (Lipinski definition) is 1. The second-order valence-corrected chi connectivity index (χ2v) is 7.75. The molecule has 1 atom stereocenters. The summed E-state index contributed by atoms with van der Waals surface area (Å²) in [4.78, 5) is 28.5. The molecule has 1 aromatic carbocycles. The number of esters is 1. The number of benzene rings is 1. The number of carbonyl (C=O) groups is 2. The van der Waals surface area contributed by atoms with E-state index in [-0.39, 0.29) is 23.8 Å². The average Bonchev–Trinajstić information content (AvgIpc) is 3.23. The minimum Gasteiger partial charge on any atom is -0.458 e. The normalized spacial score (nSPS) is 20.2. The number of H-pyrrole nitrogens is 1. The van der Waals surface area contributed by atoms with Gasteiger partial charge in [0.1, 0.15) is 11.8 Å². The first kappa shape index (κ1) is 17.3. The number of hydrogen-bond acceptors (Lipinski definition) is 3. The van der Waals surface area contributed by atoms with E-state index in [2.05, 4.69) is 4.98 Å². The van der Waals surface area contributed by atoms with E-state index in [1.807, 2.05) is 31.2 Å². The summed E-state index contributed by atoms with van der Waals surface area (Å²) in [5, 5.41) is 0.679. The summed E-state index contributed by atoms with van der Waals surface area (Å²) in [6.45, 7) is 1.83. The predicted octanol–water partition coefficient (Wildman–Crippen LogP) is 4.99. The van der Waals surface area contributed by atoms with Crippen LogP contribution in [0.25, 0.3) is 0 Å². The van der Waals surface area contributed by atoms with Crippen LogP contribution < -0.4 is 0 Å². The van der Waals surface area contributed by atoms with Gasteiger partial charge < -0.3 is 9.72 Å². The molecule has 1 N–H and O–H groups in total. The van der Waals surface area contributed by atoms with E-state index in [9.17, 15) is 9.59 Å². The van der Waals surface area contributed by atoms with E-state index in [1.54, 1.807) is 0 Å². The van der Waals surface area contributed by atoms with Gasteiger partial charge in [0.15, 0.2) is 5.78 Å². The highest BCUT2D eigenvalue weighted by Gasteiger charge is 2.33. The number of ether oxygens (including phenoxy) is 1. The monoisotopic (exact) mass is 371 g/mol. The molecule has 0 bridgehead atoms. The van der Waals surface area contributed by atoms with Crippen LogP contribution in [-0.2, 0) is 11.2 Å². The molecule has 1 fully saturated rings. The Labute approximate surface area is 157 Å². The van der Waals surface area contributed by atoms with E-state index < -0.39 is 0 Å². The topological polar surface area (TPSA) is 59.2 Å². The fourth-order valence-electron chi connectivity index (χ4n) is 4.28. The molecule has 0 saturated heterocycles. The van der Waals surface area contributed by atoms with Crippen molar-refractivity contribution >= 4 is 23.4 Å². The molecule has 0 radical (unpaired) electrons. The van der Waals surface area contributed by atoms with E-state index in [1.165, 1.54) is 0 Å². The van der Waals surface area contributed by atoms with Crippen LogP contribution in [0.3, 0.4) is 0 Å². The van der Waals surface area contributed by atoms with Crippen molar-refractivity contribution in [2.24, 2.45) is 0 Å². The standard InChI is InChI=1S/C21H22ClNO3/c1-12-19-17(23-20(12)21(25)26-14-6-2-3-7-14)10-13(11-18(19)24)15-8-4-5-9-16(15)22/h4-5,8-9,13-14,23H,2-3,6-7,10-11H2,1H3/t13-/m0/s1. The molecule has 136 valence electrons. The van der Waals surface area contributed by atoms with Crippen molar-refractivity contribution in [3.05, 3.63) is 57.4 Å². The lowest BCUT2D eigenvalue weighted by Gasteiger charge is -2.22. The zero-order valence-corrected chi connectivity index (χ0v) is 15.6. The summed E-state index contributed by atoms with van der Waals surface area (Å²) < 4.78 is 5.62. The van der Waals surface area contributed by atoms with E-state index in [0.717, 1.165) is 36.9 Å². The van der Waals surface area contributed by atoms with Crippen LogP contribution in [0.4, 0.5) is 0 Å².